The molecule has 0 unspecified atom stereocenters. The van der Waals surface area contributed by atoms with E-state index in [1.807, 2.05) is 6.92 Å². The summed E-state index contributed by atoms with van der Waals surface area (Å²) in [6, 6.07) is 18.6. The van der Waals surface area contributed by atoms with Gasteiger partial charge in [-0.15, -0.1) is 0 Å². The maximum atomic E-state index is 13.4. The van der Waals surface area contributed by atoms with Crippen LogP contribution in [0.4, 0.5) is 0 Å². The number of benzene rings is 3. The van der Waals surface area contributed by atoms with Gasteiger partial charge in [0.15, 0.2) is 0 Å². The molecule has 0 spiro atoms. The van der Waals surface area contributed by atoms with Crippen LogP contribution in [0.1, 0.15) is 5.56 Å². The Morgan fingerprint density at radius 2 is 1.47 bits per heavy atom. The van der Waals surface area contributed by atoms with E-state index in [1.54, 1.807) is 36.4 Å². The Hall–Kier alpha value is -3.65. The highest BCUT2D eigenvalue weighted by Gasteiger charge is 2.25. The van der Waals surface area contributed by atoms with Gasteiger partial charge in [0.25, 0.3) is 15.6 Å². The van der Waals surface area contributed by atoms with Gasteiger partial charge in [-0.25, -0.2) is 17.8 Å². The van der Waals surface area contributed by atoms with E-state index >= 15 is 0 Å². The largest absolute Gasteiger partial charge is 0.497 e. The average Bonchev–Trinajstić information content (AvgIpc) is 2.74. The first-order chi connectivity index (χ1) is 14.3. The van der Waals surface area contributed by atoms with Crippen molar-refractivity contribution in [1.29, 1.82) is 0 Å². The number of aryl methyl sites for hydroxylation is 1. The van der Waals surface area contributed by atoms with Gasteiger partial charge in [0.05, 0.1) is 28.6 Å². The van der Waals surface area contributed by atoms with Crippen molar-refractivity contribution in [3.8, 4) is 11.4 Å². The van der Waals surface area contributed by atoms with Crippen molar-refractivity contribution in [2.75, 3.05) is 7.11 Å². The molecule has 1 heterocycles. The van der Waals surface area contributed by atoms with Gasteiger partial charge in [-0.2, -0.15) is 3.97 Å². The Balaban J connectivity index is 2.11. The van der Waals surface area contributed by atoms with Crippen LogP contribution >= 0.6 is 0 Å². The van der Waals surface area contributed by atoms with Gasteiger partial charge < -0.3 is 4.74 Å². The lowest BCUT2D eigenvalue weighted by Crippen LogP contribution is -2.41. The number of nitrogens with zero attached hydrogens (tertiary/aromatic N) is 2. The lowest BCUT2D eigenvalue weighted by atomic mass is 10.2. The van der Waals surface area contributed by atoms with E-state index in [4.69, 9.17) is 4.74 Å². The second-order valence-electron chi connectivity index (χ2n) is 6.72. The van der Waals surface area contributed by atoms with Crippen molar-refractivity contribution in [2.45, 2.75) is 11.8 Å². The molecule has 7 nitrogen and oxygen atoms in total. The van der Waals surface area contributed by atoms with Gasteiger partial charge in [-0.1, -0.05) is 29.8 Å². The molecule has 0 saturated heterocycles. The summed E-state index contributed by atoms with van der Waals surface area (Å²) in [4.78, 5) is 26.4. The van der Waals surface area contributed by atoms with Crippen molar-refractivity contribution in [2.24, 2.45) is 0 Å². The minimum atomic E-state index is -4.25. The fraction of sp³-hybridized carbons (Fsp3) is 0.0909. The second kappa shape index (κ2) is 7.31. The number of para-hydroxylation sites is 1. The maximum Gasteiger partial charge on any atom is 0.350 e. The molecule has 0 saturated carbocycles. The summed E-state index contributed by atoms with van der Waals surface area (Å²) in [7, 11) is -2.75. The van der Waals surface area contributed by atoms with E-state index in [9.17, 15) is 18.0 Å². The fourth-order valence-electron chi connectivity index (χ4n) is 3.24. The summed E-state index contributed by atoms with van der Waals surface area (Å²) >= 11 is 0. The first-order valence-electron chi connectivity index (χ1n) is 9.08. The van der Waals surface area contributed by atoms with Crippen molar-refractivity contribution in [1.82, 2.24) is 8.54 Å². The Kier molecular flexibility index (Phi) is 4.79. The quantitative estimate of drug-likeness (QED) is 0.505. The van der Waals surface area contributed by atoms with Gasteiger partial charge in [0, 0.05) is 0 Å². The molecule has 0 fully saturated rings. The third-order valence-corrected chi connectivity index (χ3v) is 6.51. The van der Waals surface area contributed by atoms with Crippen LogP contribution in [-0.4, -0.2) is 24.1 Å². The van der Waals surface area contributed by atoms with Crippen molar-refractivity contribution < 1.29 is 13.2 Å². The number of ether oxygens (including phenoxy) is 1. The molecule has 152 valence electrons. The van der Waals surface area contributed by atoms with Crippen LogP contribution in [-0.2, 0) is 10.0 Å². The zero-order chi connectivity index (χ0) is 21.5. The van der Waals surface area contributed by atoms with Crippen molar-refractivity contribution in [3.05, 3.63) is 99.2 Å². The standard InChI is InChI=1S/C22H18N2O5S/c1-15-7-13-18(14-8-15)30(27,28)24-20-6-4-3-5-19(20)21(25)23(22(24)26)16-9-11-17(29-2)12-10-16/h3-14H,1-2H3. The van der Waals surface area contributed by atoms with E-state index in [2.05, 4.69) is 0 Å². The number of rotatable bonds is 4. The molecule has 3 aromatic carbocycles. The van der Waals surface area contributed by atoms with E-state index in [0.29, 0.717) is 9.72 Å². The number of hydrogen-bond donors (Lipinski definition) is 0. The smallest absolute Gasteiger partial charge is 0.350 e. The van der Waals surface area contributed by atoms with Crippen LogP contribution in [0.3, 0.4) is 0 Å². The minimum absolute atomic E-state index is 0.0258. The third-order valence-electron chi connectivity index (χ3n) is 4.81. The topological polar surface area (TPSA) is 87.4 Å². The normalized spacial score (nSPS) is 11.5. The highest BCUT2D eigenvalue weighted by molar-refractivity contribution is 7.90. The average molecular weight is 422 g/mol. The Morgan fingerprint density at radius 3 is 2.10 bits per heavy atom. The molecule has 0 radical (unpaired) electrons. The molecule has 0 amide bonds. The molecule has 0 atom stereocenters. The Morgan fingerprint density at radius 1 is 0.833 bits per heavy atom. The van der Waals surface area contributed by atoms with Crippen LogP contribution < -0.4 is 16.0 Å². The molecule has 0 bridgehead atoms. The molecular weight excluding hydrogens is 404 g/mol. The maximum absolute atomic E-state index is 13.4. The number of methoxy groups -OCH3 is 1. The molecular formula is C22H18N2O5S. The summed E-state index contributed by atoms with van der Waals surface area (Å²) in [5, 5.41) is 0.114. The molecule has 0 aliphatic heterocycles. The molecule has 0 aliphatic carbocycles. The second-order valence-corrected chi connectivity index (χ2v) is 8.51. The van der Waals surface area contributed by atoms with Crippen LogP contribution in [0, 0.1) is 6.92 Å². The Bertz CT molecular complexity index is 1470. The van der Waals surface area contributed by atoms with Gasteiger partial charge in [0.2, 0.25) is 0 Å². The summed E-state index contributed by atoms with van der Waals surface area (Å²) in [5.41, 5.74) is -0.419. The van der Waals surface area contributed by atoms with Crippen LogP contribution in [0.15, 0.2) is 87.3 Å². The summed E-state index contributed by atoms with van der Waals surface area (Å²) in [6.07, 6.45) is 0. The Labute approximate surface area is 172 Å². The first-order valence-corrected chi connectivity index (χ1v) is 10.5. The predicted octanol–water partition coefficient (Wildman–Crippen LogP) is 2.71. The molecule has 8 heteroatoms. The molecule has 0 N–H and O–H groups in total. The van der Waals surface area contributed by atoms with E-state index in [1.165, 1.54) is 43.5 Å². The van der Waals surface area contributed by atoms with E-state index in [-0.39, 0.29) is 21.5 Å². The lowest BCUT2D eigenvalue weighted by molar-refractivity contribution is 0.414. The van der Waals surface area contributed by atoms with Crippen LogP contribution in [0.25, 0.3) is 16.6 Å². The third kappa shape index (κ3) is 3.11. The van der Waals surface area contributed by atoms with Crippen LogP contribution in [0.2, 0.25) is 0 Å². The van der Waals surface area contributed by atoms with E-state index < -0.39 is 21.3 Å². The molecule has 4 rings (SSSR count). The van der Waals surface area contributed by atoms with Gasteiger partial charge in [-0.05, 0) is 55.5 Å². The molecule has 4 aromatic rings. The molecule has 30 heavy (non-hydrogen) atoms. The summed E-state index contributed by atoms with van der Waals surface area (Å²) in [5.74, 6) is 0.542. The zero-order valence-electron chi connectivity index (χ0n) is 16.3. The zero-order valence-corrected chi connectivity index (χ0v) is 17.1. The highest BCUT2D eigenvalue weighted by Crippen LogP contribution is 2.19. The predicted molar refractivity (Wildman–Crippen MR) is 114 cm³/mol. The highest BCUT2D eigenvalue weighted by atomic mass is 32.2. The van der Waals surface area contributed by atoms with Crippen molar-refractivity contribution in [3.63, 3.8) is 0 Å². The monoisotopic (exact) mass is 422 g/mol. The summed E-state index contributed by atoms with van der Waals surface area (Å²) in [6.45, 7) is 1.84. The fourth-order valence-corrected chi connectivity index (χ4v) is 4.64. The molecule has 1 aromatic heterocycles. The van der Waals surface area contributed by atoms with Gasteiger partial charge in [-0.3, -0.25) is 4.79 Å². The van der Waals surface area contributed by atoms with Gasteiger partial charge in [0.1, 0.15) is 5.75 Å². The minimum Gasteiger partial charge on any atom is -0.497 e. The number of fused-ring (bicyclic) bond motifs is 1. The summed E-state index contributed by atoms with van der Waals surface area (Å²) < 4.78 is 33.5. The lowest BCUT2D eigenvalue weighted by Gasteiger charge is -2.15. The van der Waals surface area contributed by atoms with Crippen LogP contribution in [0.5, 0.6) is 5.75 Å². The SMILES string of the molecule is COc1ccc(-n2c(=O)c3ccccc3n(S(=O)(=O)c3ccc(C)cc3)c2=O)cc1. The van der Waals surface area contributed by atoms with E-state index in [0.717, 1.165) is 10.1 Å². The van der Waals surface area contributed by atoms with Gasteiger partial charge >= 0.3 is 5.69 Å². The number of aromatic nitrogens is 2. The number of hydrogen-bond acceptors (Lipinski definition) is 5. The first kappa shape index (κ1) is 19.7. The molecule has 0 aliphatic rings. The van der Waals surface area contributed by atoms with Crippen molar-refractivity contribution >= 4 is 20.9 Å².